The van der Waals surface area contributed by atoms with Gasteiger partial charge in [0.2, 0.25) is 5.91 Å². The molecule has 110 valence electrons. The monoisotopic (exact) mass is 269 g/mol. The Bertz CT molecular complexity index is 308. The van der Waals surface area contributed by atoms with Crippen LogP contribution in [0.2, 0.25) is 0 Å². The first-order chi connectivity index (χ1) is 8.99. The maximum absolute atomic E-state index is 10.9. The summed E-state index contributed by atoms with van der Waals surface area (Å²) >= 11 is 0. The first kappa shape index (κ1) is 14.8. The fraction of sp³-hybridized carbons (Fsp3) is 0.929. The van der Waals surface area contributed by atoms with Gasteiger partial charge in [-0.05, 0) is 38.5 Å². The number of primary amides is 1. The summed E-state index contributed by atoms with van der Waals surface area (Å²) in [5, 5.41) is 12.9. The number of nitrogens with two attached hydrogens (primary N) is 1. The summed E-state index contributed by atoms with van der Waals surface area (Å²) in [4.78, 5) is 13.4. The van der Waals surface area contributed by atoms with Gasteiger partial charge in [0.15, 0.2) is 0 Å². The summed E-state index contributed by atoms with van der Waals surface area (Å²) in [6, 6.07) is 1.03. The molecule has 2 rings (SSSR count). The standard InChI is InChI=1S/C14H27N3O2/c1-9(2)17-7-10-4-3-5-11(8-17)13(10)16-6-12(18)14(15)19/h9-13,16,18H,3-8H2,1-2H3,(H2,15,19). The highest BCUT2D eigenvalue weighted by Gasteiger charge is 2.39. The Morgan fingerprint density at radius 1 is 1.37 bits per heavy atom. The summed E-state index contributed by atoms with van der Waals surface area (Å²) in [5.74, 6) is 0.627. The fourth-order valence-corrected chi connectivity index (χ4v) is 3.58. The minimum Gasteiger partial charge on any atom is -0.382 e. The highest BCUT2D eigenvalue weighted by molar-refractivity contribution is 5.78. The molecule has 1 amide bonds. The molecule has 0 radical (unpaired) electrons. The Balaban J connectivity index is 1.92. The zero-order valence-corrected chi connectivity index (χ0v) is 12.0. The van der Waals surface area contributed by atoms with Crippen LogP contribution in [0.15, 0.2) is 0 Å². The number of fused-ring (bicyclic) bond motifs is 2. The van der Waals surface area contributed by atoms with E-state index in [0.717, 1.165) is 13.1 Å². The molecule has 4 N–H and O–H groups in total. The lowest BCUT2D eigenvalue weighted by Gasteiger charge is -2.49. The second-order valence-corrected chi connectivity index (χ2v) is 6.35. The van der Waals surface area contributed by atoms with Crippen molar-refractivity contribution >= 4 is 5.91 Å². The molecule has 3 atom stereocenters. The van der Waals surface area contributed by atoms with Crippen LogP contribution in [-0.4, -0.2) is 53.7 Å². The fourth-order valence-electron chi connectivity index (χ4n) is 3.58. The predicted octanol–water partition coefficient (Wildman–Crippen LogP) is -0.0689. The SMILES string of the molecule is CC(C)N1CC2CCCC(C1)C2NCC(O)C(N)=O. The second kappa shape index (κ2) is 6.20. The van der Waals surface area contributed by atoms with E-state index < -0.39 is 12.0 Å². The van der Waals surface area contributed by atoms with E-state index in [0.29, 0.717) is 23.9 Å². The zero-order valence-electron chi connectivity index (χ0n) is 12.0. The van der Waals surface area contributed by atoms with E-state index in [1.54, 1.807) is 0 Å². The molecule has 0 aromatic rings. The molecule has 2 bridgehead atoms. The van der Waals surface area contributed by atoms with Gasteiger partial charge in [0.05, 0.1) is 0 Å². The van der Waals surface area contributed by atoms with Crippen LogP contribution in [0.3, 0.4) is 0 Å². The smallest absolute Gasteiger partial charge is 0.247 e. The first-order valence-electron chi connectivity index (χ1n) is 7.44. The number of hydrogen-bond acceptors (Lipinski definition) is 4. The molecular weight excluding hydrogens is 242 g/mol. The van der Waals surface area contributed by atoms with Crippen molar-refractivity contribution in [2.24, 2.45) is 17.6 Å². The number of piperidine rings is 1. The average molecular weight is 269 g/mol. The Morgan fingerprint density at radius 2 is 1.95 bits per heavy atom. The van der Waals surface area contributed by atoms with Gasteiger partial charge in [-0.25, -0.2) is 0 Å². The lowest BCUT2D eigenvalue weighted by Crippen LogP contribution is -2.59. The topological polar surface area (TPSA) is 78.6 Å². The molecule has 0 aromatic heterocycles. The third-order valence-corrected chi connectivity index (χ3v) is 4.71. The molecule has 1 heterocycles. The van der Waals surface area contributed by atoms with E-state index in [-0.39, 0.29) is 6.54 Å². The number of likely N-dealkylation sites (tertiary alicyclic amines) is 1. The minimum atomic E-state index is -1.07. The number of aliphatic hydroxyl groups is 1. The molecule has 0 spiro atoms. The van der Waals surface area contributed by atoms with Crippen molar-refractivity contribution in [2.75, 3.05) is 19.6 Å². The number of amides is 1. The molecule has 1 saturated carbocycles. The predicted molar refractivity (Wildman–Crippen MR) is 74.5 cm³/mol. The zero-order chi connectivity index (χ0) is 14.0. The van der Waals surface area contributed by atoms with Gasteiger partial charge in [-0.1, -0.05) is 6.42 Å². The number of hydrogen-bond donors (Lipinski definition) is 3. The summed E-state index contributed by atoms with van der Waals surface area (Å²) in [6.07, 6.45) is 2.72. The van der Waals surface area contributed by atoms with Gasteiger partial charge in [-0.3, -0.25) is 4.79 Å². The molecule has 19 heavy (non-hydrogen) atoms. The van der Waals surface area contributed by atoms with Gasteiger partial charge in [0.25, 0.3) is 0 Å². The second-order valence-electron chi connectivity index (χ2n) is 6.35. The van der Waals surface area contributed by atoms with Crippen molar-refractivity contribution in [3.05, 3.63) is 0 Å². The number of aliphatic hydroxyl groups excluding tert-OH is 1. The summed E-state index contributed by atoms with van der Waals surface area (Å²) < 4.78 is 0. The average Bonchev–Trinajstić information content (AvgIpc) is 2.34. The molecule has 5 nitrogen and oxygen atoms in total. The van der Waals surface area contributed by atoms with Crippen molar-refractivity contribution in [1.29, 1.82) is 0 Å². The Morgan fingerprint density at radius 3 is 2.42 bits per heavy atom. The molecule has 1 saturated heterocycles. The molecule has 3 unspecified atom stereocenters. The highest BCUT2D eigenvalue weighted by Crippen LogP contribution is 2.35. The largest absolute Gasteiger partial charge is 0.382 e. The van der Waals surface area contributed by atoms with Crippen LogP contribution in [0.5, 0.6) is 0 Å². The van der Waals surface area contributed by atoms with Crippen molar-refractivity contribution in [1.82, 2.24) is 10.2 Å². The number of carbonyl (C=O) groups excluding carboxylic acids is 1. The van der Waals surface area contributed by atoms with Crippen molar-refractivity contribution in [2.45, 2.75) is 51.3 Å². The third-order valence-electron chi connectivity index (χ3n) is 4.71. The quantitative estimate of drug-likeness (QED) is 0.653. The maximum Gasteiger partial charge on any atom is 0.247 e. The molecular formula is C14H27N3O2. The molecule has 0 aromatic carbocycles. The Labute approximate surface area is 115 Å². The van der Waals surface area contributed by atoms with Crippen molar-refractivity contribution < 1.29 is 9.90 Å². The first-order valence-corrected chi connectivity index (χ1v) is 7.44. The third kappa shape index (κ3) is 3.46. The lowest BCUT2D eigenvalue weighted by molar-refractivity contribution is -0.126. The van der Waals surface area contributed by atoms with Crippen molar-refractivity contribution in [3.8, 4) is 0 Å². The Hall–Kier alpha value is -0.650. The van der Waals surface area contributed by atoms with Gasteiger partial charge in [0.1, 0.15) is 6.10 Å². The van der Waals surface area contributed by atoms with Crippen LogP contribution >= 0.6 is 0 Å². The van der Waals surface area contributed by atoms with Crippen LogP contribution in [-0.2, 0) is 4.79 Å². The van der Waals surface area contributed by atoms with Gasteiger partial charge in [0, 0.05) is 31.7 Å². The normalized spacial score (nSPS) is 33.4. The molecule has 1 aliphatic carbocycles. The molecule has 1 aliphatic heterocycles. The van der Waals surface area contributed by atoms with Gasteiger partial charge in [-0.2, -0.15) is 0 Å². The maximum atomic E-state index is 10.9. The molecule has 2 fully saturated rings. The highest BCUT2D eigenvalue weighted by atomic mass is 16.3. The van der Waals surface area contributed by atoms with Crippen LogP contribution < -0.4 is 11.1 Å². The van der Waals surface area contributed by atoms with Crippen LogP contribution in [0, 0.1) is 11.8 Å². The van der Waals surface area contributed by atoms with Crippen molar-refractivity contribution in [3.63, 3.8) is 0 Å². The van der Waals surface area contributed by atoms with Crippen LogP contribution in [0.4, 0.5) is 0 Å². The van der Waals surface area contributed by atoms with E-state index in [1.165, 1.54) is 19.3 Å². The van der Waals surface area contributed by atoms with E-state index in [2.05, 4.69) is 24.1 Å². The van der Waals surface area contributed by atoms with Gasteiger partial charge in [-0.15, -0.1) is 0 Å². The van der Waals surface area contributed by atoms with E-state index in [9.17, 15) is 9.90 Å². The number of rotatable bonds is 5. The Kier molecular flexibility index (Phi) is 4.81. The number of nitrogens with one attached hydrogen (secondary N) is 1. The van der Waals surface area contributed by atoms with E-state index in [1.807, 2.05) is 0 Å². The molecule has 2 aliphatic rings. The minimum absolute atomic E-state index is 0.286. The van der Waals surface area contributed by atoms with Gasteiger partial charge < -0.3 is 21.1 Å². The van der Waals surface area contributed by atoms with Crippen LogP contribution in [0.25, 0.3) is 0 Å². The van der Waals surface area contributed by atoms with E-state index in [4.69, 9.17) is 5.73 Å². The van der Waals surface area contributed by atoms with Crippen LogP contribution in [0.1, 0.15) is 33.1 Å². The number of carbonyl (C=O) groups is 1. The summed E-state index contributed by atoms with van der Waals surface area (Å²) in [5.41, 5.74) is 5.09. The number of nitrogens with zero attached hydrogens (tertiary/aromatic N) is 1. The van der Waals surface area contributed by atoms with E-state index >= 15 is 0 Å². The summed E-state index contributed by atoms with van der Waals surface area (Å²) in [6.45, 7) is 7.03. The molecule has 5 heteroatoms. The lowest BCUT2D eigenvalue weighted by atomic mass is 9.73. The summed E-state index contributed by atoms with van der Waals surface area (Å²) in [7, 11) is 0. The van der Waals surface area contributed by atoms with Gasteiger partial charge >= 0.3 is 0 Å².